The summed E-state index contributed by atoms with van der Waals surface area (Å²) in [7, 11) is -4.33. The maximum absolute atomic E-state index is 14.0. The molecule has 9 nitrogen and oxygen atoms in total. The average molecular weight is 585 g/mol. The van der Waals surface area contributed by atoms with Crippen LogP contribution in [0.5, 0.6) is 0 Å². The Bertz CT molecular complexity index is 1370. The van der Waals surface area contributed by atoms with Gasteiger partial charge in [-0.2, -0.15) is 4.31 Å². The van der Waals surface area contributed by atoms with E-state index in [1.807, 2.05) is 0 Å². The first-order valence-corrected chi connectivity index (χ1v) is 14.1. The van der Waals surface area contributed by atoms with Gasteiger partial charge in [-0.05, 0) is 49.7 Å². The Morgan fingerprint density at radius 3 is 2.32 bits per heavy atom. The highest BCUT2D eigenvalue weighted by Gasteiger charge is 2.54. The van der Waals surface area contributed by atoms with Gasteiger partial charge in [0.25, 0.3) is 0 Å². The molecular formula is C25H27Cl2FN4O5S. The van der Waals surface area contributed by atoms with Gasteiger partial charge in [-0.3, -0.25) is 14.4 Å². The van der Waals surface area contributed by atoms with Crippen molar-refractivity contribution in [2.45, 2.75) is 56.4 Å². The number of hydrogen-bond acceptors (Lipinski definition) is 5. The zero-order chi connectivity index (χ0) is 27.9. The zero-order valence-corrected chi connectivity index (χ0v) is 23.2. The molecule has 204 valence electrons. The van der Waals surface area contributed by atoms with Gasteiger partial charge in [0, 0.05) is 31.0 Å². The van der Waals surface area contributed by atoms with Crippen LogP contribution < -0.4 is 5.32 Å². The summed E-state index contributed by atoms with van der Waals surface area (Å²) < 4.78 is 42.6. The third-order valence-corrected chi connectivity index (χ3v) is 9.24. The Kier molecular flexibility index (Phi) is 8.04. The van der Waals surface area contributed by atoms with E-state index in [0.717, 1.165) is 4.31 Å². The van der Waals surface area contributed by atoms with Crippen LogP contribution in [0.3, 0.4) is 0 Å². The summed E-state index contributed by atoms with van der Waals surface area (Å²) in [4.78, 5) is 41.8. The number of benzene rings is 2. The summed E-state index contributed by atoms with van der Waals surface area (Å²) in [5.41, 5.74) is 0.582. The lowest BCUT2D eigenvalue weighted by Crippen LogP contribution is -2.76. The molecule has 3 unspecified atom stereocenters. The molecule has 13 heteroatoms. The molecule has 2 aliphatic rings. The summed E-state index contributed by atoms with van der Waals surface area (Å²) >= 11 is 12.3. The fourth-order valence-corrected chi connectivity index (χ4v) is 7.21. The van der Waals surface area contributed by atoms with Gasteiger partial charge in [0.05, 0.1) is 11.6 Å². The SMILES string of the molecule is CC(=O)NC1CN(S(=O)(=O)c2ccc(Cl)cc2Cl)C2CN(C(C)C)C(=O)C(Cc3ccc(F)cc3)N2C1=O. The molecule has 3 atom stereocenters. The molecule has 0 aromatic heterocycles. The van der Waals surface area contributed by atoms with Gasteiger partial charge >= 0.3 is 0 Å². The maximum Gasteiger partial charge on any atom is 0.248 e. The van der Waals surface area contributed by atoms with Crippen LogP contribution in [0.15, 0.2) is 47.4 Å². The van der Waals surface area contributed by atoms with E-state index < -0.39 is 45.9 Å². The van der Waals surface area contributed by atoms with Crippen molar-refractivity contribution in [3.8, 4) is 0 Å². The second kappa shape index (κ2) is 10.8. The lowest BCUT2D eigenvalue weighted by Gasteiger charge is -2.54. The first-order valence-electron chi connectivity index (χ1n) is 11.9. The van der Waals surface area contributed by atoms with Gasteiger partial charge in [0.1, 0.15) is 29.0 Å². The van der Waals surface area contributed by atoms with Crippen LogP contribution in [0.2, 0.25) is 10.0 Å². The van der Waals surface area contributed by atoms with Crippen molar-refractivity contribution < 1.29 is 27.2 Å². The molecule has 2 aliphatic heterocycles. The number of sulfonamides is 1. The molecule has 2 heterocycles. The number of piperazine rings is 1. The summed E-state index contributed by atoms with van der Waals surface area (Å²) in [6.07, 6.45) is -1.05. The van der Waals surface area contributed by atoms with Gasteiger partial charge < -0.3 is 15.1 Å². The number of nitrogens with zero attached hydrogens (tertiary/aromatic N) is 3. The van der Waals surface area contributed by atoms with Crippen molar-refractivity contribution in [3.05, 3.63) is 63.9 Å². The van der Waals surface area contributed by atoms with Crippen LogP contribution in [0.1, 0.15) is 26.3 Å². The molecule has 0 saturated carbocycles. The molecule has 3 amide bonds. The summed E-state index contributed by atoms with van der Waals surface area (Å²) in [6.45, 7) is 4.36. The van der Waals surface area contributed by atoms with Gasteiger partial charge in [-0.15, -0.1) is 0 Å². The number of halogens is 3. The second-order valence-corrected chi connectivity index (χ2v) is 12.3. The minimum Gasteiger partial charge on any atom is -0.343 e. The first kappa shape index (κ1) is 28.3. The Morgan fingerprint density at radius 2 is 1.74 bits per heavy atom. The van der Waals surface area contributed by atoms with Crippen LogP contribution in [0, 0.1) is 5.82 Å². The third-order valence-electron chi connectivity index (χ3n) is 6.66. The highest BCUT2D eigenvalue weighted by atomic mass is 35.5. The number of rotatable bonds is 6. The Morgan fingerprint density at radius 1 is 1.08 bits per heavy atom. The molecule has 0 aliphatic carbocycles. The molecular weight excluding hydrogens is 558 g/mol. The number of nitrogens with one attached hydrogen (secondary N) is 1. The largest absolute Gasteiger partial charge is 0.343 e. The number of carbonyl (C=O) groups excluding carboxylic acids is 3. The van der Waals surface area contributed by atoms with Crippen molar-refractivity contribution in [1.29, 1.82) is 0 Å². The minimum atomic E-state index is -4.33. The molecule has 4 rings (SSSR count). The van der Waals surface area contributed by atoms with Crippen LogP contribution in [0.4, 0.5) is 4.39 Å². The number of hydrogen-bond donors (Lipinski definition) is 1. The standard InChI is InChI=1S/C25H27Cl2FN4O5S/c1-14(2)30-13-23-31(38(36,37)22-9-6-17(26)11-19(22)27)12-20(29-15(3)33)24(34)32(23)21(25(30)35)10-16-4-7-18(28)8-5-16/h4-9,11,14,20-21,23H,10,12-13H2,1-3H3,(H,29,33). The molecule has 2 saturated heterocycles. The van der Waals surface area contributed by atoms with E-state index in [9.17, 15) is 27.2 Å². The smallest absolute Gasteiger partial charge is 0.248 e. The van der Waals surface area contributed by atoms with Crippen molar-refractivity contribution in [2.24, 2.45) is 0 Å². The molecule has 38 heavy (non-hydrogen) atoms. The molecule has 0 spiro atoms. The normalized spacial score (nSPS) is 22.6. The van der Waals surface area contributed by atoms with Gasteiger partial charge in [-0.1, -0.05) is 35.3 Å². The minimum absolute atomic E-state index is 0.0208. The lowest BCUT2D eigenvalue weighted by molar-refractivity contribution is -0.169. The van der Waals surface area contributed by atoms with Crippen molar-refractivity contribution in [1.82, 2.24) is 19.4 Å². The van der Waals surface area contributed by atoms with Crippen molar-refractivity contribution >= 4 is 50.9 Å². The highest BCUT2D eigenvalue weighted by Crippen LogP contribution is 2.35. The van der Waals surface area contributed by atoms with Crippen molar-refractivity contribution in [3.63, 3.8) is 0 Å². The molecule has 2 aromatic carbocycles. The fourth-order valence-electron chi connectivity index (χ4n) is 4.88. The molecule has 1 N–H and O–H groups in total. The fraction of sp³-hybridized carbons (Fsp3) is 0.400. The van der Waals surface area contributed by atoms with Crippen LogP contribution in [0.25, 0.3) is 0 Å². The van der Waals surface area contributed by atoms with Crippen LogP contribution in [-0.2, 0) is 30.8 Å². The van der Waals surface area contributed by atoms with Crippen LogP contribution in [-0.4, -0.2) is 77.6 Å². The van der Waals surface area contributed by atoms with E-state index in [2.05, 4.69) is 5.32 Å². The topological polar surface area (TPSA) is 107 Å². The van der Waals surface area contributed by atoms with E-state index in [0.29, 0.717) is 5.56 Å². The summed E-state index contributed by atoms with van der Waals surface area (Å²) in [5.74, 6) is -1.95. The first-order chi connectivity index (χ1) is 17.8. The number of carbonyl (C=O) groups is 3. The summed E-state index contributed by atoms with van der Waals surface area (Å²) in [6, 6.07) is 6.85. The van der Waals surface area contributed by atoms with Gasteiger partial charge in [-0.25, -0.2) is 12.8 Å². The summed E-state index contributed by atoms with van der Waals surface area (Å²) in [5, 5.41) is 2.66. The van der Waals surface area contributed by atoms with Crippen molar-refractivity contribution in [2.75, 3.05) is 13.1 Å². The predicted octanol–water partition coefficient (Wildman–Crippen LogP) is 2.66. The van der Waals surface area contributed by atoms with E-state index in [-0.39, 0.29) is 46.4 Å². The third kappa shape index (κ3) is 5.38. The molecule has 2 fully saturated rings. The van der Waals surface area contributed by atoms with E-state index >= 15 is 0 Å². The highest BCUT2D eigenvalue weighted by molar-refractivity contribution is 7.89. The van der Waals surface area contributed by atoms with Crippen LogP contribution >= 0.6 is 23.2 Å². The Labute approximate surface area is 230 Å². The second-order valence-electron chi connectivity index (χ2n) is 9.56. The predicted molar refractivity (Wildman–Crippen MR) is 139 cm³/mol. The average Bonchev–Trinajstić information content (AvgIpc) is 2.82. The molecule has 2 aromatic rings. The number of fused-ring (bicyclic) bond motifs is 1. The van der Waals surface area contributed by atoms with E-state index in [1.165, 1.54) is 59.2 Å². The molecule has 0 bridgehead atoms. The quantitative estimate of drug-likeness (QED) is 0.561. The Hall–Kier alpha value is -2.73. The monoisotopic (exact) mass is 584 g/mol. The molecule has 0 radical (unpaired) electrons. The number of amides is 3. The zero-order valence-electron chi connectivity index (χ0n) is 20.9. The van der Waals surface area contributed by atoms with Gasteiger partial charge in [0.2, 0.25) is 27.7 Å². The maximum atomic E-state index is 14.0. The van der Waals surface area contributed by atoms with E-state index in [4.69, 9.17) is 23.2 Å². The van der Waals surface area contributed by atoms with E-state index in [1.54, 1.807) is 13.8 Å². The Balaban J connectivity index is 1.85. The lowest BCUT2D eigenvalue weighted by atomic mass is 9.96. The van der Waals surface area contributed by atoms with Gasteiger partial charge in [0.15, 0.2) is 0 Å².